The SMILES string of the molecule is CC(S)OCCOC=O. The highest BCUT2D eigenvalue weighted by Gasteiger charge is 1.91. The van der Waals surface area contributed by atoms with Crippen molar-refractivity contribution in [1.82, 2.24) is 0 Å². The van der Waals surface area contributed by atoms with Gasteiger partial charge in [0.25, 0.3) is 6.47 Å². The molecule has 0 saturated carbocycles. The molecule has 0 heterocycles. The predicted molar refractivity (Wildman–Crippen MR) is 36.4 cm³/mol. The second kappa shape index (κ2) is 5.91. The summed E-state index contributed by atoms with van der Waals surface area (Å²) in [4.78, 5) is 9.55. The summed E-state index contributed by atoms with van der Waals surface area (Å²) in [5, 5.41) is 0. The molecule has 54 valence electrons. The molecule has 0 bridgehead atoms. The first-order valence-electron chi connectivity index (χ1n) is 2.62. The third kappa shape index (κ3) is 7.78. The van der Waals surface area contributed by atoms with Gasteiger partial charge in [-0.15, -0.1) is 12.6 Å². The summed E-state index contributed by atoms with van der Waals surface area (Å²) < 4.78 is 9.27. The average molecular weight is 150 g/mol. The molecule has 1 atom stereocenters. The molecule has 9 heavy (non-hydrogen) atoms. The lowest BCUT2D eigenvalue weighted by Gasteiger charge is -2.04. The number of carbonyl (C=O) groups excluding carboxylic acids is 1. The topological polar surface area (TPSA) is 35.5 Å². The lowest BCUT2D eigenvalue weighted by Crippen LogP contribution is -2.06. The lowest BCUT2D eigenvalue weighted by atomic mass is 10.7. The summed E-state index contributed by atoms with van der Waals surface area (Å²) >= 11 is 3.93. The van der Waals surface area contributed by atoms with E-state index in [2.05, 4.69) is 17.4 Å². The third-order valence-corrected chi connectivity index (χ3v) is 0.777. The molecule has 4 heteroatoms. The van der Waals surface area contributed by atoms with Gasteiger partial charge in [-0.3, -0.25) is 4.79 Å². The van der Waals surface area contributed by atoms with Gasteiger partial charge < -0.3 is 9.47 Å². The van der Waals surface area contributed by atoms with E-state index in [0.29, 0.717) is 19.7 Å². The van der Waals surface area contributed by atoms with Crippen LogP contribution in [0.5, 0.6) is 0 Å². The van der Waals surface area contributed by atoms with Crippen LogP contribution in [0.3, 0.4) is 0 Å². The van der Waals surface area contributed by atoms with Gasteiger partial charge >= 0.3 is 0 Å². The number of ether oxygens (including phenoxy) is 2. The zero-order chi connectivity index (χ0) is 7.11. The van der Waals surface area contributed by atoms with E-state index in [-0.39, 0.29) is 5.44 Å². The Morgan fingerprint density at radius 3 is 2.78 bits per heavy atom. The van der Waals surface area contributed by atoms with E-state index in [1.54, 1.807) is 6.92 Å². The van der Waals surface area contributed by atoms with E-state index >= 15 is 0 Å². The highest BCUT2D eigenvalue weighted by atomic mass is 32.1. The molecule has 0 aromatic rings. The van der Waals surface area contributed by atoms with Crippen LogP contribution in [0, 0.1) is 0 Å². The minimum Gasteiger partial charge on any atom is -0.465 e. The summed E-state index contributed by atoms with van der Waals surface area (Å²) in [6.45, 7) is 2.90. The van der Waals surface area contributed by atoms with E-state index < -0.39 is 0 Å². The van der Waals surface area contributed by atoms with Crippen LogP contribution in [0.4, 0.5) is 0 Å². The average Bonchev–Trinajstić information content (AvgIpc) is 1.80. The zero-order valence-electron chi connectivity index (χ0n) is 5.24. The first kappa shape index (κ1) is 8.78. The van der Waals surface area contributed by atoms with Crippen LogP contribution >= 0.6 is 12.6 Å². The highest BCUT2D eigenvalue weighted by Crippen LogP contribution is 1.92. The van der Waals surface area contributed by atoms with Crippen LogP contribution in [0.15, 0.2) is 0 Å². The van der Waals surface area contributed by atoms with Crippen molar-refractivity contribution in [2.75, 3.05) is 13.2 Å². The molecule has 0 aromatic heterocycles. The summed E-state index contributed by atoms with van der Waals surface area (Å²) in [7, 11) is 0. The van der Waals surface area contributed by atoms with Crippen molar-refractivity contribution in [3.63, 3.8) is 0 Å². The third-order valence-electron chi connectivity index (χ3n) is 0.628. The van der Waals surface area contributed by atoms with E-state index in [4.69, 9.17) is 4.74 Å². The first-order chi connectivity index (χ1) is 4.27. The van der Waals surface area contributed by atoms with Crippen LogP contribution in [0.25, 0.3) is 0 Å². The molecule has 0 amide bonds. The van der Waals surface area contributed by atoms with E-state index in [0.717, 1.165) is 0 Å². The van der Waals surface area contributed by atoms with Crippen molar-refractivity contribution in [1.29, 1.82) is 0 Å². The fourth-order valence-electron chi connectivity index (χ4n) is 0.315. The molecule has 0 aliphatic rings. The van der Waals surface area contributed by atoms with Gasteiger partial charge in [0.1, 0.15) is 6.61 Å². The number of rotatable bonds is 5. The van der Waals surface area contributed by atoms with E-state index in [9.17, 15) is 4.79 Å². The smallest absolute Gasteiger partial charge is 0.293 e. The molecule has 0 N–H and O–H groups in total. The second-order valence-corrected chi connectivity index (χ2v) is 2.16. The summed E-state index contributed by atoms with van der Waals surface area (Å²) in [6.07, 6.45) is 0. The number of thiol groups is 1. The van der Waals surface area contributed by atoms with Gasteiger partial charge in [-0.25, -0.2) is 0 Å². The van der Waals surface area contributed by atoms with E-state index in [1.807, 2.05) is 0 Å². The number of hydrogen-bond donors (Lipinski definition) is 1. The van der Waals surface area contributed by atoms with Crippen molar-refractivity contribution in [3.05, 3.63) is 0 Å². The Morgan fingerprint density at radius 1 is 1.67 bits per heavy atom. The molecule has 0 aromatic carbocycles. The van der Waals surface area contributed by atoms with Gasteiger partial charge in [0.15, 0.2) is 0 Å². The van der Waals surface area contributed by atoms with Crippen molar-refractivity contribution in [2.24, 2.45) is 0 Å². The molecule has 0 aliphatic heterocycles. The Hall–Kier alpha value is -0.220. The molecular formula is C5H10O3S. The fourth-order valence-corrected chi connectivity index (χ4v) is 0.420. The Balaban J connectivity index is 2.82. The number of carbonyl (C=O) groups is 1. The van der Waals surface area contributed by atoms with Gasteiger partial charge in [0.05, 0.1) is 12.0 Å². The van der Waals surface area contributed by atoms with Crippen molar-refractivity contribution in [2.45, 2.75) is 12.4 Å². The van der Waals surface area contributed by atoms with Gasteiger partial charge in [-0.2, -0.15) is 0 Å². The maximum atomic E-state index is 9.55. The molecule has 0 fully saturated rings. The molecular weight excluding hydrogens is 140 g/mol. The Labute approximate surface area is 59.7 Å². The maximum Gasteiger partial charge on any atom is 0.293 e. The fraction of sp³-hybridized carbons (Fsp3) is 0.800. The quantitative estimate of drug-likeness (QED) is 0.267. The normalized spacial score (nSPS) is 12.7. The van der Waals surface area contributed by atoms with Crippen molar-refractivity contribution in [3.8, 4) is 0 Å². The monoisotopic (exact) mass is 150 g/mol. The molecule has 0 rings (SSSR count). The lowest BCUT2D eigenvalue weighted by molar-refractivity contribution is -0.130. The zero-order valence-corrected chi connectivity index (χ0v) is 6.14. The minimum absolute atomic E-state index is 0.0970. The second-order valence-electron chi connectivity index (χ2n) is 1.44. The van der Waals surface area contributed by atoms with Crippen molar-refractivity contribution < 1.29 is 14.3 Å². The van der Waals surface area contributed by atoms with Crippen LogP contribution in [0.2, 0.25) is 0 Å². The van der Waals surface area contributed by atoms with Crippen LogP contribution in [0.1, 0.15) is 6.92 Å². The minimum atomic E-state index is -0.0970. The molecule has 0 radical (unpaired) electrons. The molecule has 0 aliphatic carbocycles. The summed E-state index contributed by atoms with van der Waals surface area (Å²) in [5.41, 5.74) is -0.0970. The maximum absolute atomic E-state index is 9.55. The standard InChI is InChI=1S/C5H10O3S/c1-5(9)8-3-2-7-4-6/h4-5,9H,2-3H2,1H3. The Kier molecular flexibility index (Phi) is 5.76. The van der Waals surface area contributed by atoms with Crippen LogP contribution < -0.4 is 0 Å². The van der Waals surface area contributed by atoms with Crippen molar-refractivity contribution >= 4 is 19.1 Å². The highest BCUT2D eigenvalue weighted by molar-refractivity contribution is 7.80. The molecule has 3 nitrogen and oxygen atoms in total. The van der Waals surface area contributed by atoms with Gasteiger partial charge in [0, 0.05) is 0 Å². The summed E-state index contributed by atoms with van der Waals surface area (Å²) in [6, 6.07) is 0. The Morgan fingerprint density at radius 2 is 2.33 bits per heavy atom. The van der Waals surface area contributed by atoms with Crippen LogP contribution in [-0.4, -0.2) is 25.1 Å². The van der Waals surface area contributed by atoms with Gasteiger partial charge in [-0.1, -0.05) is 0 Å². The predicted octanol–water partition coefficient (Wildman–Crippen LogP) is 0.452. The first-order valence-corrected chi connectivity index (χ1v) is 3.14. The largest absolute Gasteiger partial charge is 0.465 e. The molecule has 0 spiro atoms. The molecule has 0 saturated heterocycles. The summed E-state index contributed by atoms with van der Waals surface area (Å²) in [5.74, 6) is 0. The number of hydrogen-bond acceptors (Lipinski definition) is 4. The van der Waals surface area contributed by atoms with E-state index in [1.165, 1.54) is 0 Å². The van der Waals surface area contributed by atoms with Crippen LogP contribution in [-0.2, 0) is 14.3 Å². The van der Waals surface area contributed by atoms with Gasteiger partial charge in [0.2, 0.25) is 0 Å². The Bertz CT molecular complexity index is 74.6. The molecule has 1 unspecified atom stereocenters. The van der Waals surface area contributed by atoms with Gasteiger partial charge in [-0.05, 0) is 6.92 Å².